The Balaban J connectivity index is 1.47. The highest BCUT2D eigenvalue weighted by atomic mass is 16.5. The highest BCUT2D eigenvalue weighted by Crippen LogP contribution is 2.32. The summed E-state index contributed by atoms with van der Waals surface area (Å²) >= 11 is 0. The predicted molar refractivity (Wildman–Crippen MR) is 108 cm³/mol. The first-order valence-electron chi connectivity index (χ1n) is 9.31. The average molecular weight is 369 g/mol. The second kappa shape index (κ2) is 9.16. The van der Waals surface area contributed by atoms with Crippen molar-refractivity contribution in [2.75, 3.05) is 31.7 Å². The second-order valence-corrected chi connectivity index (χ2v) is 6.68. The lowest BCUT2D eigenvalue weighted by Crippen LogP contribution is -2.23. The van der Waals surface area contributed by atoms with Gasteiger partial charge in [0, 0.05) is 18.2 Å². The number of benzene rings is 2. The molecule has 0 saturated heterocycles. The zero-order valence-corrected chi connectivity index (χ0v) is 15.9. The molecular formula is C21H27N3O3. The lowest BCUT2D eigenvalue weighted by Gasteiger charge is -2.11. The Bertz CT molecular complexity index is 773. The molecule has 0 bridgehead atoms. The number of hydrogen-bond acceptors (Lipinski definition) is 4. The smallest absolute Gasteiger partial charge is 0.193 e. The number of fused-ring (bicyclic) bond motifs is 1. The van der Waals surface area contributed by atoms with Crippen molar-refractivity contribution in [1.29, 1.82) is 0 Å². The zero-order valence-electron chi connectivity index (χ0n) is 15.9. The monoisotopic (exact) mass is 369 g/mol. The summed E-state index contributed by atoms with van der Waals surface area (Å²) in [5.41, 5.74) is 8.06. The van der Waals surface area contributed by atoms with Gasteiger partial charge >= 0.3 is 0 Å². The standard InChI is InChI=1S/C21H27N3O3/c1-15(2)16-4-7-18(8-5-16)25-13-10-23-21(22)24-17-6-9-19-20(14-17)27-12-3-11-26-19/h4-9,14-15H,3,10-13H2,1-2H3,(H3,22,23,24). The first-order chi connectivity index (χ1) is 13.1. The maximum atomic E-state index is 5.96. The van der Waals surface area contributed by atoms with Crippen LogP contribution in [0.25, 0.3) is 0 Å². The maximum Gasteiger partial charge on any atom is 0.193 e. The Morgan fingerprint density at radius 2 is 1.85 bits per heavy atom. The SMILES string of the molecule is CC(C)c1ccc(OCCN=C(N)Nc2ccc3c(c2)OCCCO3)cc1. The molecule has 0 unspecified atom stereocenters. The molecule has 0 amide bonds. The summed E-state index contributed by atoms with van der Waals surface area (Å²) in [6.07, 6.45) is 0.876. The molecule has 27 heavy (non-hydrogen) atoms. The third-order valence-electron chi connectivity index (χ3n) is 4.21. The van der Waals surface area contributed by atoms with E-state index < -0.39 is 0 Å². The van der Waals surface area contributed by atoms with Crippen LogP contribution in [0.5, 0.6) is 17.2 Å². The van der Waals surface area contributed by atoms with Gasteiger partial charge in [-0.25, -0.2) is 4.99 Å². The van der Waals surface area contributed by atoms with Gasteiger partial charge in [-0.1, -0.05) is 26.0 Å². The first kappa shape index (κ1) is 18.9. The Morgan fingerprint density at radius 1 is 1.11 bits per heavy atom. The van der Waals surface area contributed by atoms with Gasteiger partial charge in [-0.05, 0) is 35.7 Å². The molecule has 1 aliphatic rings. The fourth-order valence-electron chi connectivity index (χ4n) is 2.71. The molecule has 3 rings (SSSR count). The molecule has 0 radical (unpaired) electrons. The van der Waals surface area contributed by atoms with E-state index in [-0.39, 0.29) is 0 Å². The van der Waals surface area contributed by atoms with Gasteiger partial charge in [-0.15, -0.1) is 0 Å². The number of aliphatic imine (C=N–C) groups is 1. The molecule has 6 nitrogen and oxygen atoms in total. The Morgan fingerprint density at radius 3 is 2.59 bits per heavy atom. The fourth-order valence-corrected chi connectivity index (χ4v) is 2.71. The third kappa shape index (κ3) is 5.54. The molecule has 0 aliphatic carbocycles. The summed E-state index contributed by atoms with van der Waals surface area (Å²) in [4.78, 5) is 4.30. The van der Waals surface area contributed by atoms with Gasteiger partial charge in [0.15, 0.2) is 17.5 Å². The van der Waals surface area contributed by atoms with Crippen LogP contribution in [0, 0.1) is 0 Å². The fraction of sp³-hybridized carbons (Fsp3) is 0.381. The molecule has 3 N–H and O–H groups in total. The van der Waals surface area contributed by atoms with E-state index in [0.717, 1.165) is 29.4 Å². The average Bonchev–Trinajstić information content (AvgIpc) is 2.90. The van der Waals surface area contributed by atoms with Crippen molar-refractivity contribution in [3.8, 4) is 17.2 Å². The van der Waals surface area contributed by atoms with Gasteiger partial charge in [0.1, 0.15) is 12.4 Å². The summed E-state index contributed by atoms with van der Waals surface area (Å²) in [5.74, 6) is 3.16. The number of guanidine groups is 1. The molecule has 0 spiro atoms. The van der Waals surface area contributed by atoms with Gasteiger partial charge in [-0.2, -0.15) is 0 Å². The molecule has 1 aliphatic heterocycles. The maximum absolute atomic E-state index is 5.96. The van der Waals surface area contributed by atoms with E-state index in [1.54, 1.807) is 0 Å². The minimum absolute atomic E-state index is 0.336. The van der Waals surface area contributed by atoms with E-state index in [2.05, 4.69) is 36.3 Å². The molecule has 2 aromatic rings. The number of nitrogens with two attached hydrogens (primary N) is 1. The van der Waals surface area contributed by atoms with Crippen LogP contribution in [-0.4, -0.2) is 32.3 Å². The number of rotatable bonds is 6. The number of hydrogen-bond donors (Lipinski definition) is 2. The van der Waals surface area contributed by atoms with Gasteiger partial charge in [-0.3, -0.25) is 0 Å². The van der Waals surface area contributed by atoms with Crippen molar-refractivity contribution in [2.45, 2.75) is 26.2 Å². The van der Waals surface area contributed by atoms with Gasteiger partial charge in [0.25, 0.3) is 0 Å². The molecule has 144 valence electrons. The zero-order chi connectivity index (χ0) is 19.1. The molecule has 2 aromatic carbocycles. The lowest BCUT2D eigenvalue weighted by molar-refractivity contribution is 0.297. The van der Waals surface area contributed by atoms with Crippen molar-refractivity contribution in [2.24, 2.45) is 10.7 Å². The van der Waals surface area contributed by atoms with E-state index in [1.165, 1.54) is 5.56 Å². The Hall–Kier alpha value is -2.89. The van der Waals surface area contributed by atoms with Crippen LogP contribution in [-0.2, 0) is 0 Å². The molecule has 1 heterocycles. The highest BCUT2D eigenvalue weighted by Gasteiger charge is 2.10. The topological polar surface area (TPSA) is 78.1 Å². The summed E-state index contributed by atoms with van der Waals surface area (Å²) in [6.45, 7) is 6.59. The minimum atomic E-state index is 0.336. The van der Waals surface area contributed by atoms with Crippen LogP contribution in [0.1, 0.15) is 31.7 Å². The Kier molecular flexibility index (Phi) is 6.41. The van der Waals surface area contributed by atoms with Crippen LogP contribution in [0.3, 0.4) is 0 Å². The summed E-state index contributed by atoms with van der Waals surface area (Å²) in [5, 5.41) is 3.07. The largest absolute Gasteiger partial charge is 0.492 e. The normalized spacial score (nSPS) is 14.0. The first-order valence-corrected chi connectivity index (χ1v) is 9.31. The second-order valence-electron chi connectivity index (χ2n) is 6.68. The minimum Gasteiger partial charge on any atom is -0.492 e. The van der Waals surface area contributed by atoms with E-state index in [0.29, 0.717) is 38.2 Å². The van der Waals surface area contributed by atoms with Crippen molar-refractivity contribution < 1.29 is 14.2 Å². The van der Waals surface area contributed by atoms with Crippen molar-refractivity contribution in [3.63, 3.8) is 0 Å². The molecule has 0 fully saturated rings. The molecule has 0 aromatic heterocycles. The van der Waals surface area contributed by atoms with E-state index in [4.69, 9.17) is 19.9 Å². The van der Waals surface area contributed by atoms with Crippen molar-refractivity contribution in [3.05, 3.63) is 48.0 Å². The number of ether oxygens (including phenoxy) is 3. The van der Waals surface area contributed by atoms with Crippen molar-refractivity contribution >= 4 is 11.6 Å². The number of nitrogens with zero attached hydrogens (tertiary/aromatic N) is 1. The molecular weight excluding hydrogens is 342 g/mol. The van der Waals surface area contributed by atoms with Gasteiger partial charge in [0.05, 0.1) is 19.8 Å². The molecule has 0 atom stereocenters. The summed E-state index contributed by atoms with van der Waals surface area (Å²) in [6, 6.07) is 13.8. The number of anilines is 1. The third-order valence-corrected chi connectivity index (χ3v) is 4.21. The molecule has 6 heteroatoms. The van der Waals surface area contributed by atoms with Crippen LogP contribution in [0.15, 0.2) is 47.5 Å². The summed E-state index contributed by atoms with van der Waals surface area (Å²) < 4.78 is 17.0. The van der Waals surface area contributed by atoms with Crippen LogP contribution >= 0.6 is 0 Å². The number of nitrogens with one attached hydrogen (secondary N) is 1. The van der Waals surface area contributed by atoms with Gasteiger partial charge < -0.3 is 25.3 Å². The quantitative estimate of drug-likeness (QED) is 0.460. The highest BCUT2D eigenvalue weighted by molar-refractivity contribution is 5.92. The molecule has 0 saturated carbocycles. The van der Waals surface area contributed by atoms with Crippen LogP contribution < -0.4 is 25.3 Å². The Labute approximate surface area is 160 Å². The van der Waals surface area contributed by atoms with Crippen LogP contribution in [0.4, 0.5) is 5.69 Å². The predicted octanol–water partition coefficient (Wildman–Crippen LogP) is 3.78. The van der Waals surface area contributed by atoms with Crippen LogP contribution in [0.2, 0.25) is 0 Å². The summed E-state index contributed by atoms with van der Waals surface area (Å²) in [7, 11) is 0. The van der Waals surface area contributed by atoms with E-state index >= 15 is 0 Å². The van der Waals surface area contributed by atoms with E-state index in [9.17, 15) is 0 Å². The van der Waals surface area contributed by atoms with Gasteiger partial charge in [0.2, 0.25) is 0 Å². The van der Waals surface area contributed by atoms with E-state index in [1.807, 2.05) is 30.3 Å². The van der Waals surface area contributed by atoms with Crippen molar-refractivity contribution in [1.82, 2.24) is 0 Å². The lowest BCUT2D eigenvalue weighted by atomic mass is 10.0.